The van der Waals surface area contributed by atoms with E-state index >= 15 is 0 Å². The van der Waals surface area contributed by atoms with Gasteiger partial charge in [0.1, 0.15) is 0 Å². The fourth-order valence-electron chi connectivity index (χ4n) is 4.18. The molecule has 146 valence electrons. The van der Waals surface area contributed by atoms with E-state index in [9.17, 15) is 13.2 Å². The maximum Gasteiger partial charge on any atom is 0.417 e. The molecule has 5 rings (SSSR count). The number of aryl methyl sites for hydroxylation is 2. The topological polar surface area (TPSA) is 86.6 Å². The van der Waals surface area contributed by atoms with Gasteiger partial charge in [0.25, 0.3) is 0 Å². The highest BCUT2D eigenvalue weighted by molar-refractivity contribution is 7.89. The number of aromatic nitrogens is 1. The van der Waals surface area contributed by atoms with E-state index in [0.29, 0.717) is 42.2 Å². The van der Waals surface area contributed by atoms with E-state index in [1.165, 1.54) is 11.1 Å². The first-order valence-electron chi connectivity index (χ1n) is 9.50. The lowest BCUT2D eigenvalue weighted by Gasteiger charge is -2.35. The molecule has 0 radical (unpaired) electrons. The Morgan fingerprint density at radius 2 is 1.71 bits per heavy atom. The summed E-state index contributed by atoms with van der Waals surface area (Å²) in [6, 6.07) is 11.1. The summed E-state index contributed by atoms with van der Waals surface area (Å²) in [4.78, 5) is 16.5. The van der Waals surface area contributed by atoms with Crippen molar-refractivity contribution in [2.75, 3.05) is 31.1 Å². The van der Waals surface area contributed by atoms with Crippen molar-refractivity contribution in [3.63, 3.8) is 0 Å². The Hall–Kier alpha value is -2.58. The Morgan fingerprint density at radius 3 is 2.54 bits per heavy atom. The van der Waals surface area contributed by atoms with Gasteiger partial charge in [0.15, 0.2) is 5.58 Å². The molecule has 0 saturated carbocycles. The van der Waals surface area contributed by atoms with Crippen molar-refractivity contribution in [2.24, 2.45) is 0 Å². The van der Waals surface area contributed by atoms with Crippen LogP contribution in [0.3, 0.4) is 0 Å². The van der Waals surface area contributed by atoms with Gasteiger partial charge in [-0.3, -0.25) is 4.98 Å². The zero-order valence-electron chi connectivity index (χ0n) is 15.3. The summed E-state index contributed by atoms with van der Waals surface area (Å²) in [5, 5.41) is 0. The van der Waals surface area contributed by atoms with E-state index in [2.05, 4.69) is 9.88 Å². The van der Waals surface area contributed by atoms with E-state index in [1.807, 2.05) is 30.3 Å². The predicted molar refractivity (Wildman–Crippen MR) is 106 cm³/mol. The maximum absolute atomic E-state index is 13.1. The van der Waals surface area contributed by atoms with Gasteiger partial charge in [-0.05, 0) is 54.7 Å². The summed E-state index contributed by atoms with van der Waals surface area (Å²) >= 11 is 0. The van der Waals surface area contributed by atoms with Crippen LogP contribution in [0.25, 0.3) is 11.1 Å². The van der Waals surface area contributed by atoms with Crippen molar-refractivity contribution < 1.29 is 12.8 Å². The summed E-state index contributed by atoms with van der Waals surface area (Å²) in [5.41, 5.74) is 4.53. The molecule has 0 spiro atoms. The molecule has 7 nitrogen and oxygen atoms in total. The van der Waals surface area contributed by atoms with E-state index in [-0.39, 0.29) is 0 Å². The molecule has 8 heteroatoms. The number of rotatable bonds is 3. The van der Waals surface area contributed by atoms with Crippen LogP contribution >= 0.6 is 0 Å². The summed E-state index contributed by atoms with van der Waals surface area (Å²) < 4.78 is 32.8. The van der Waals surface area contributed by atoms with Gasteiger partial charge in [-0.2, -0.15) is 4.31 Å². The molecule has 0 bridgehead atoms. The van der Waals surface area contributed by atoms with Crippen LogP contribution in [-0.2, 0) is 22.9 Å². The molecule has 0 atom stereocenters. The monoisotopic (exact) mass is 399 g/mol. The Labute approximate surface area is 162 Å². The van der Waals surface area contributed by atoms with Crippen molar-refractivity contribution in [2.45, 2.75) is 24.2 Å². The number of sulfonamides is 1. The molecule has 0 unspecified atom stereocenters. The zero-order chi connectivity index (χ0) is 19.3. The molecule has 1 N–H and O–H groups in total. The minimum atomic E-state index is -3.48. The maximum atomic E-state index is 13.1. The van der Waals surface area contributed by atoms with E-state index in [0.717, 1.165) is 24.9 Å². The van der Waals surface area contributed by atoms with Gasteiger partial charge in [0.2, 0.25) is 10.0 Å². The van der Waals surface area contributed by atoms with Crippen LogP contribution in [0.5, 0.6) is 0 Å². The predicted octanol–water partition coefficient (Wildman–Crippen LogP) is 2.12. The molecule has 1 saturated heterocycles. The second kappa shape index (κ2) is 6.49. The Kier molecular flexibility index (Phi) is 4.06. The van der Waals surface area contributed by atoms with Crippen molar-refractivity contribution in [3.05, 3.63) is 58.1 Å². The van der Waals surface area contributed by atoms with Gasteiger partial charge < -0.3 is 9.32 Å². The summed E-state index contributed by atoms with van der Waals surface area (Å²) in [5.74, 6) is -0.475. The second-order valence-corrected chi connectivity index (χ2v) is 9.31. The average molecular weight is 399 g/mol. The van der Waals surface area contributed by atoms with Crippen molar-refractivity contribution in [3.8, 4) is 0 Å². The number of H-pyrrole nitrogens is 1. The average Bonchev–Trinajstić information content (AvgIpc) is 3.32. The highest BCUT2D eigenvalue weighted by Crippen LogP contribution is 2.28. The normalized spacial score (nSPS) is 17.9. The number of nitrogens with zero attached hydrogens (tertiary/aromatic N) is 2. The summed E-state index contributed by atoms with van der Waals surface area (Å²) in [6.45, 7) is 2.03. The van der Waals surface area contributed by atoms with Crippen molar-refractivity contribution in [1.82, 2.24) is 9.29 Å². The van der Waals surface area contributed by atoms with Crippen LogP contribution in [0.1, 0.15) is 17.5 Å². The van der Waals surface area contributed by atoms with E-state index < -0.39 is 15.8 Å². The minimum absolute atomic E-state index is 0.400. The number of anilines is 1. The number of hydrogen-bond acceptors (Lipinski definition) is 5. The summed E-state index contributed by atoms with van der Waals surface area (Å²) in [7, 11) is -3.48. The number of oxazole rings is 1. The smallest absolute Gasteiger partial charge is 0.408 e. The van der Waals surface area contributed by atoms with Crippen LogP contribution in [0.2, 0.25) is 0 Å². The van der Waals surface area contributed by atoms with Crippen molar-refractivity contribution in [1.29, 1.82) is 0 Å². The summed E-state index contributed by atoms with van der Waals surface area (Å²) in [6.07, 6.45) is 3.10. The van der Waals surface area contributed by atoms with Crippen LogP contribution in [0.4, 0.5) is 5.69 Å². The van der Waals surface area contributed by atoms with Gasteiger partial charge >= 0.3 is 5.76 Å². The number of benzene rings is 2. The standard InChI is InChI=1S/C20H21N3O4S/c24-20-21-18-7-5-16(13-19(18)27-20)22-8-10-23(11-9-22)28(25,26)17-6-4-14-2-1-3-15(14)12-17/h4-7,12-13H,1-3,8-11H2,(H,21,24). The third kappa shape index (κ3) is 2.93. The minimum Gasteiger partial charge on any atom is -0.408 e. The van der Waals surface area contributed by atoms with Crippen molar-refractivity contribution >= 4 is 26.8 Å². The lowest BCUT2D eigenvalue weighted by atomic mass is 10.1. The Bertz CT molecular complexity index is 1200. The lowest BCUT2D eigenvalue weighted by molar-refractivity contribution is 0.385. The van der Waals surface area contributed by atoms with E-state index in [4.69, 9.17) is 4.42 Å². The zero-order valence-corrected chi connectivity index (χ0v) is 16.2. The van der Waals surface area contributed by atoms with E-state index in [1.54, 1.807) is 10.4 Å². The van der Waals surface area contributed by atoms with Gasteiger partial charge in [-0.15, -0.1) is 0 Å². The third-order valence-corrected chi connectivity index (χ3v) is 7.61. The van der Waals surface area contributed by atoms with Crippen LogP contribution in [0, 0.1) is 0 Å². The molecular formula is C20H21N3O4S. The van der Waals surface area contributed by atoms with Crippen LogP contribution in [-0.4, -0.2) is 43.9 Å². The molecule has 28 heavy (non-hydrogen) atoms. The van der Waals surface area contributed by atoms with Gasteiger partial charge in [-0.25, -0.2) is 13.2 Å². The fraction of sp³-hybridized carbons (Fsp3) is 0.350. The van der Waals surface area contributed by atoms with Gasteiger partial charge in [-0.1, -0.05) is 6.07 Å². The molecule has 2 aliphatic rings. The van der Waals surface area contributed by atoms with Gasteiger partial charge in [0, 0.05) is 37.9 Å². The Balaban J connectivity index is 1.33. The lowest BCUT2D eigenvalue weighted by Crippen LogP contribution is -2.48. The molecule has 2 heterocycles. The first kappa shape index (κ1) is 17.5. The fourth-order valence-corrected chi connectivity index (χ4v) is 5.65. The SMILES string of the molecule is O=c1[nH]c2ccc(N3CCN(S(=O)(=O)c4ccc5c(c4)CCC5)CC3)cc2o1. The number of piperazine rings is 1. The molecule has 1 aliphatic heterocycles. The largest absolute Gasteiger partial charge is 0.417 e. The first-order valence-corrected chi connectivity index (χ1v) is 10.9. The Morgan fingerprint density at radius 1 is 0.929 bits per heavy atom. The molecular weight excluding hydrogens is 378 g/mol. The molecule has 3 aromatic rings. The number of aromatic amines is 1. The number of nitrogens with one attached hydrogen (secondary N) is 1. The van der Waals surface area contributed by atoms with Crippen LogP contribution < -0.4 is 10.7 Å². The van der Waals surface area contributed by atoms with Crippen LogP contribution in [0.15, 0.2) is 50.5 Å². The molecule has 0 amide bonds. The second-order valence-electron chi connectivity index (χ2n) is 7.37. The molecule has 2 aromatic carbocycles. The first-order chi connectivity index (χ1) is 13.5. The third-order valence-electron chi connectivity index (χ3n) is 5.72. The molecule has 1 fully saturated rings. The number of fused-ring (bicyclic) bond motifs is 2. The highest BCUT2D eigenvalue weighted by Gasteiger charge is 2.29. The highest BCUT2D eigenvalue weighted by atomic mass is 32.2. The van der Waals surface area contributed by atoms with Gasteiger partial charge in [0.05, 0.1) is 10.4 Å². The number of hydrogen-bond donors (Lipinski definition) is 1. The molecule has 1 aromatic heterocycles. The quantitative estimate of drug-likeness (QED) is 0.729. The molecule has 1 aliphatic carbocycles.